The first-order valence-corrected chi connectivity index (χ1v) is 8.16. The van der Waals surface area contributed by atoms with Gasteiger partial charge >= 0.3 is 5.97 Å². The van der Waals surface area contributed by atoms with E-state index < -0.39 is 11.8 Å². The molecule has 1 aromatic heterocycles. The van der Waals surface area contributed by atoms with E-state index in [0.29, 0.717) is 16.7 Å². The zero-order valence-corrected chi connectivity index (χ0v) is 15.3. The third-order valence-electron chi connectivity index (χ3n) is 4.86. The maximum atomic E-state index is 14.7. The Hall–Kier alpha value is -3.02. The van der Waals surface area contributed by atoms with Crippen molar-refractivity contribution in [1.29, 1.82) is 0 Å². The molecule has 1 N–H and O–H groups in total. The van der Waals surface area contributed by atoms with Gasteiger partial charge in [0.05, 0.1) is 11.1 Å². The van der Waals surface area contributed by atoms with Gasteiger partial charge in [0.15, 0.2) is 0 Å². The standard InChI is InChI=1S/C20H19FN2O3/c1-9-6-7-14(20(24)25)13(5)16(9)18-22-19(26-23-18)15-8-10(2)11(3)12(4)17(15)21/h6-8H,1-5H3,(H,24,25). The number of rotatable bonds is 3. The molecule has 0 fully saturated rings. The second-order valence-electron chi connectivity index (χ2n) is 6.46. The SMILES string of the molecule is Cc1cc(-c2nc(-c3c(C)ccc(C(=O)O)c3C)no2)c(F)c(C)c1C. The summed E-state index contributed by atoms with van der Waals surface area (Å²) in [6.45, 7) is 9.00. The van der Waals surface area contributed by atoms with Crippen LogP contribution in [0.25, 0.3) is 22.8 Å². The van der Waals surface area contributed by atoms with E-state index >= 15 is 0 Å². The van der Waals surface area contributed by atoms with Gasteiger partial charge in [0.2, 0.25) is 5.82 Å². The van der Waals surface area contributed by atoms with Gasteiger partial charge < -0.3 is 9.63 Å². The fourth-order valence-corrected chi connectivity index (χ4v) is 3.06. The van der Waals surface area contributed by atoms with E-state index in [1.54, 1.807) is 32.0 Å². The van der Waals surface area contributed by atoms with Gasteiger partial charge in [0.25, 0.3) is 5.89 Å². The summed E-state index contributed by atoms with van der Waals surface area (Å²) < 4.78 is 20.0. The smallest absolute Gasteiger partial charge is 0.335 e. The second kappa shape index (κ2) is 6.37. The van der Waals surface area contributed by atoms with Gasteiger partial charge in [0, 0.05) is 5.56 Å². The number of carboxylic acid groups (broad SMARTS) is 1. The third-order valence-corrected chi connectivity index (χ3v) is 4.86. The number of carboxylic acids is 1. The molecule has 0 bridgehead atoms. The Morgan fingerprint density at radius 2 is 1.73 bits per heavy atom. The first kappa shape index (κ1) is 17.8. The Morgan fingerprint density at radius 3 is 2.38 bits per heavy atom. The van der Waals surface area contributed by atoms with Gasteiger partial charge in [0.1, 0.15) is 5.82 Å². The van der Waals surface area contributed by atoms with Crippen molar-refractivity contribution in [3.05, 3.63) is 57.4 Å². The molecule has 26 heavy (non-hydrogen) atoms. The van der Waals surface area contributed by atoms with Crippen molar-refractivity contribution in [2.75, 3.05) is 0 Å². The number of benzene rings is 2. The summed E-state index contributed by atoms with van der Waals surface area (Å²) in [5.74, 6) is -1.10. The fraction of sp³-hybridized carbons (Fsp3) is 0.250. The molecule has 0 unspecified atom stereocenters. The molecule has 0 spiro atoms. The van der Waals surface area contributed by atoms with E-state index in [0.717, 1.165) is 16.7 Å². The van der Waals surface area contributed by atoms with Gasteiger partial charge in [-0.25, -0.2) is 9.18 Å². The molecule has 0 radical (unpaired) electrons. The molecule has 3 rings (SSSR count). The molecule has 0 aliphatic heterocycles. The van der Waals surface area contributed by atoms with Gasteiger partial charge in [-0.1, -0.05) is 11.2 Å². The molecule has 134 valence electrons. The van der Waals surface area contributed by atoms with Crippen molar-refractivity contribution in [3.63, 3.8) is 0 Å². The summed E-state index contributed by atoms with van der Waals surface area (Å²) >= 11 is 0. The van der Waals surface area contributed by atoms with E-state index in [-0.39, 0.29) is 22.8 Å². The predicted octanol–water partition coefficient (Wildman–Crippen LogP) is 4.78. The minimum atomic E-state index is -1.02. The van der Waals surface area contributed by atoms with E-state index in [1.165, 1.54) is 0 Å². The highest BCUT2D eigenvalue weighted by atomic mass is 19.1. The number of hydrogen-bond donors (Lipinski definition) is 1. The minimum Gasteiger partial charge on any atom is -0.478 e. The molecule has 5 nitrogen and oxygen atoms in total. The van der Waals surface area contributed by atoms with E-state index in [2.05, 4.69) is 10.1 Å². The first-order valence-electron chi connectivity index (χ1n) is 8.16. The maximum absolute atomic E-state index is 14.7. The van der Waals surface area contributed by atoms with Crippen LogP contribution >= 0.6 is 0 Å². The lowest BCUT2D eigenvalue weighted by atomic mass is 9.97. The van der Waals surface area contributed by atoms with Gasteiger partial charge in [-0.15, -0.1) is 0 Å². The number of carbonyl (C=O) groups is 1. The Morgan fingerprint density at radius 1 is 1.04 bits per heavy atom. The quantitative estimate of drug-likeness (QED) is 0.732. The zero-order chi connectivity index (χ0) is 19.2. The second-order valence-corrected chi connectivity index (χ2v) is 6.46. The van der Waals surface area contributed by atoms with Crippen LogP contribution in [0.2, 0.25) is 0 Å². The topological polar surface area (TPSA) is 76.2 Å². The molecule has 1 heterocycles. The predicted molar refractivity (Wildman–Crippen MR) is 95.8 cm³/mol. The summed E-state index contributed by atoms with van der Waals surface area (Å²) in [7, 11) is 0. The first-order chi connectivity index (χ1) is 12.2. The van der Waals surface area contributed by atoms with Crippen molar-refractivity contribution < 1.29 is 18.8 Å². The lowest BCUT2D eigenvalue weighted by Crippen LogP contribution is -2.03. The largest absolute Gasteiger partial charge is 0.478 e. The number of aromatic carboxylic acids is 1. The molecule has 6 heteroatoms. The van der Waals surface area contributed by atoms with Crippen molar-refractivity contribution in [2.45, 2.75) is 34.6 Å². The monoisotopic (exact) mass is 354 g/mol. The van der Waals surface area contributed by atoms with Gasteiger partial charge in [-0.3, -0.25) is 0 Å². The van der Waals surface area contributed by atoms with Crippen LogP contribution in [0.4, 0.5) is 4.39 Å². The minimum absolute atomic E-state index is 0.0724. The summed E-state index contributed by atoms with van der Waals surface area (Å²) in [6, 6.07) is 4.93. The molecular formula is C20H19FN2O3. The fourth-order valence-electron chi connectivity index (χ4n) is 3.06. The van der Waals surface area contributed by atoms with E-state index in [9.17, 15) is 14.3 Å². The van der Waals surface area contributed by atoms with E-state index in [4.69, 9.17) is 4.52 Å². The molecule has 0 saturated heterocycles. The Kier molecular flexibility index (Phi) is 4.36. The number of hydrogen-bond acceptors (Lipinski definition) is 4. The van der Waals surface area contributed by atoms with Crippen molar-refractivity contribution >= 4 is 5.97 Å². The average molecular weight is 354 g/mol. The molecule has 0 aliphatic carbocycles. The van der Waals surface area contributed by atoms with Crippen LogP contribution in [0.3, 0.4) is 0 Å². The number of aromatic nitrogens is 2. The maximum Gasteiger partial charge on any atom is 0.335 e. The number of nitrogens with zero attached hydrogens (tertiary/aromatic N) is 2. The van der Waals surface area contributed by atoms with Crippen molar-refractivity contribution in [1.82, 2.24) is 10.1 Å². The van der Waals surface area contributed by atoms with Crippen LogP contribution in [0.5, 0.6) is 0 Å². The highest BCUT2D eigenvalue weighted by molar-refractivity contribution is 5.92. The van der Waals surface area contributed by atoms with Crippen LogP contribution in [0.1, 0.15) is 38.2 Å². The van der Waals surface area contributed by atoms with Crippen molar-refractivity contribution in [3.8, 4) is 22.8 Å². The Bertz CT molecular complexity index is 1040. The van der Waals surface area contributed by atoms with Gasteiger partial charge in [-0.2, -0.15) is 4.98 Å². The van der Waals surface area contributed by atoms with Gasteiger partial charge in [-0.05, 0) is 74.6 Å². The molecule has 0 aliphatic rings. The lowest BCUT2D eigenvalue weighted by molar-refractivity contribution is 0.0696. The molecule has 2 aromatic carbocycles. The number of halogens is 1. The van der Waals surface area contributed by atoms with Crippen LogP contribution in [-0.4, -0.2) is 21.2 Å². The lowest BCUT2D eigenvalue weighted by Gasteiger charge is -2.09. The van der Waals surface area contributed by atoms with E-state index in [1.807, 2.05) is 20.8 Å². The Labute approximate surface area is 150 Å². The summed E-state index contributed by atoms with van der Waals surface area (Å²) in [4.78, 5) is 15.7. The average Bonchev–Trinajstić information content (AvgIpc) is 3.05. The number of aryl methyl sites for hydroxylation is 2. The highest BCUT2D eigenvalue weighted by Gasteiger charge is 2.21. The van der Waals surface area contributed by atoms with Crippen LogP contribution in [-0.2, 0) is 0 Å². The molecule has 0 saturated carbocycles. The van der Waals surface area contributed by atoms with Crippen molar-refractivity contribution in [2.24, 2.45) is 0 Å². The molecule has 0 amide bonds. The molecular weight excluding hydrogens is 335 g/mol. The highest BCUT2D eigenvalue weighted by Crippen LogP contribution is 2.32. The summed E-state index contributed by atoms with van der Waals surface area (Å²) in [5.41, 5.74) is 4.71. The Balaban J connectivity index is 2.16. The van der Waals surface area contributed by atoms with Crippen LogP contribution < -0.4 is 0 Å². The summed E-state index contributed by atoms with van der Waals surface area (Å²) in [6.07, 6.45) is 0. The molecule has 0 atom stereocenters. The van der Waals surface area contributed by atoms with Crippen LogP contribution in [0, 0.1) is 40.4 Å². The normalized spacial score (nSPS) is 11.0. The molecule has 3 aromatic rings. The van der Waals surface area contributed by atoms with Crippen LogP contribution in [0.15, 0.2) is 22.7 Å². The summed E-state index contributed by atoms with van der Waals surface area (Å²) in [5, 5.41) is 13.3. The zero-order valence-electron chi connectivity index (χ0n) is 15.3. The third kappa shape index (κ3) is 2.77.